The molecule has 0 saturated carbocycles. The van der Waals surface area contributed by atoms with Crippen LogP contribution in [0.1, 0.15) is 22.5 Å². The fraction of sp³-hybridized carbons (Fsp3) is 0.600. The standard InChI is InChI=1S/C10H14N2O2S/c13-4-2-8-1-3-12(6-8)10(14)9-5-11-7-15-9/h5,7-8,13H,1-4,6H2. The zero-order valence-electron chi connectivity index (χ0n) is 8.43. The molecule has 1 N–H and O–H groups in total. The van der Waals surface area contributed by atoms with E-state index in [1.54, 1.807) is 11.7 Å². The molecule has 1 fully saturated rings. The van der Waals surface area contributed by atoms with E-state index in [1.165, 1.54) is 11.3 Å². The van der Waals surface area contributed by atoms with Crippen LogP contribution in [0.4, 0.5) is 0 Å². The van der Waals surface area contributed by atoms with Crippen LogP contribution in [-0.2, 0) is 0 Å². The van der Waals surface area contributed by atoms with Crippen LogP contribution in [0.25, 0.3) is 0 Å². The lowest BCUT2D eigenvalue weighted by Gasteiger charge is -2.14. The maximum Gasteiger partial charge on any atom is 0.265 e. The zero-order valence-corrected chi connectivity index (χ0v) is 9.24. The van der Waals surface area contributed by atoms with Crippen molar-refractivity contribution in [1.82, 2.24) is 9.88 Å². The Balaban J connectivity index is 1.93. The molecule has 15 heavy (non-hydrogen) atoms. The minimum absolute atomic E-state index is 0.0814. The predicted octanol–water partition coefficient (Wildman–Crippen LogP) is 0.988. The Kier molecular flexibility index (Phi) is 3.33. The van der Waals surface area contributed by atoms with Gasteiger partial charge in [0.05, 0.1) is 11.7 Å². The van der Waals surface area contributed by atoms with Crippen LogP contribution in [0.3, 0.4) is 0 Å². The van der Waals surface area contributed by atoms with Crippen molar-refractivity contribution in [3.8, 4) is 0 Å². The van der Waals surface area contributed by atoms with Gasteiger partial charge in [0, 0.05) is 19.7 Å². The van der Waals surface area contributed by atoms with Crippen LogP contribution >= 0.6 is 11.3 Å². The molecule has 1 aromatic heterocycles. The quantitative estimate of drug-likeness (QED) is 0.836. The number of likely N-dealkylation sites (tertiary alicyclic amines) is 1. The van der Waals surface area contributed by atoms with E-state index in [0.717, 1.165) is 25.9 Å². The first-order valence-corrected chi connectivity index (χ1v) is 5.98. The molecule has 0 aliphatic carbocycles. The largest absolute Gasteiger partial charge is 0.396 e. The van der Waals surface area contributed by atoms with E-state index in [9.17, 15) is 4.79 Å². The summed E-state index contributed by atoms with van der Waals surface area (Å²) in [6.07, 6.45) is 3.42. The average Bonchev–Trinajstić information content (AvgIpc) is 2.87. The molecule has 1 unspecified atom stereocenters. The van der Waals surface area contributed by atoms with Crippen LogP contribution in [0.2, 0.25) is 0 Å². The molecule has 1 atom stereocenters. The van der Waals surface area contributed by atoms with E-state index >= 15 is 0 Å². The number of carbonyl (C=O) groups excluding carboxylic acids is 1. The van der Waals surface area contributed by atoms with Crippen molar-refractivity contribution < 1.29 is 9.90 Å². The van der Waals surface area contributed by atoms with Gasteiger partial charge in [0.1, 0.15) is 4.88 Å². The summed E-state index contributed by atoms with van der Waals surface area (Å²) in [6, 6.07) is 0. The first kappa shape index (κ1) is 10.6. The molecule has 1 aliphatic heterocycles. The third-order valence-corrected chi connectivity index (χ3v) is 3.51. The highest BCUT2D eigenvalue weighted by atomic mass is 32.1. The van der Waals surface area contributed by atoms with Crippen molar-refractivity contribution in [3.63, 3.8) is 0 Å². The first-order valence-electron chi connectivity index (χ1n) is 5.10. The lowest BCUT2D eigenvalue weighted by molar-refractivity contribution is 0.0789. The summed E-state index contributed by atoms with van der Waals surface area (Å²) in [7, 11) is 0. The molecular formula is C10H14N2O2S. The summed E-state index contributed by atoms with van der Waals surface area (Å²) >= 11 is 1.38. The van der Waals surface area contributed by atoms with Gasteiger partial charge in [-0.15, -0.1) is 11.3 Å². The second kappa shape index (κ2) is 4.72. The number of amides is 1. The first-order chi connectivity index (χ1) is 7.31. The van der Waals surface area contributed by atoms with E-state index in [0.29, 0.717) is 10.8 Å². The molecule has 5 heteroatoms. The third kappa shape index (κ3) is 2.35. The van der Waals surface area contributed by atoms with E-state index in [4.69, 9.17) is 5.11 Å². The molecule has 0 bridgehead atoms. The van der Waals surface area contributed by atoms with E-state index in [2.05, 4.69) is 4.98 Å². The van der Waals surface area contributed by atoms with Crippen molar-refractivity contribution >= 4 is 17.2 Å². The Morgan fingerprint density at radius 3 is 3.27 bits per heavy atom. The SMILES string of the molecule is O=C(c1cncs1)N1CCC(CCO)C1. The lowest BCUT2D eigenvalue weighted by atomic mass is 10.1. The summed E-state index contributed by atoms with van der Waals surface area (Å²) in [4.78, 5) is 18.4. The number of aromatic nitrogens is 1. The van der Waals surface area contributed by atoms with Crippen LogP contribution in [0, 0.1) is 5.92 Å². The van der Waals surface area contributed by atoms with Crippen LogP contribution < -0.4 is 0 Å². The maximum atomic E-state index is 11.9. The molecule has 2 rings (SSSR count). The van der Waals surface area contributed by atoms with Gasteiger partial charge in [-0.25, -0.2) is 0 Å². The van der Waals surface area contributed by atoms with E-state index in [-0.39, 0.29) is 12.5 Å². The number of hydrogen-bond acceptors (Lipinski definition) is 4. The molecule has 0 radical (unpaired) electrons. The molecular weight excluding hydrogens is 212 g/mol. The van der Waals surface area contributed by atoms with Crippen molar-refractivity contribution in [2.75, 3.05) is 19.7 Å². The Hall–Kier alpha value is -0.940. The van der Waals surface area contributed by atoms with Crippen molar-refractivity contribution in [3.05, 3.63) is 16.6 Å². The summed E-state index contributed by atoms with van der Waals surface area (Å²) in [6.45, 7) is 1.80. The van der Waals surface area contributed by atoms with Gasteiger partial charge < -0.3 is 10.0 Å². The molecule has 1 aliphatic rings. The number of aliphatic hydroxyl groups is 1. The number of carbonyl (C=O) groups is 1. The Bertz CT molecular complexity index is 326. The summed E-state index contributed by atoms with van der Waals surface area (Å²) in [5, 5.41) is 8.82. The molecule has 4 nitrogen and oxygen atoms in total. The van der Waals surface area contributed by atoms with Gasteiger partial charge in [0.2, 0.25) is 0 Å². The van der Waals surface area contributed by atoms with Gasteiger partial charge in [0.15, 0.2) is 0 Å². The van der Waals surface area contributed by atoms with Gasteiger partial charge >= 0.3 is 0 Å². The summed E-state index contributed by atoms with van der Waals surface area (Å²) in [5.74, 6) is 0.546. The number of rotatable bonds is 3. The van der Waals surface area contributed by atoms with Gasteiger partial charge in [-0.2, -0.15) is 0 Å². The monoisotopic (exact) mass is 226 g/mol. The van der Waals surface area contributed by atoms with E-state index < -0.39 is 0 Å². The number of nitrogens with zero attached hydrogens (tertiary/aromatic N) is 2. The minimum atomic E-state index is 0.0814. The van der Waals surface area contributed by atoms with Crippen LogP contribution in [0.15, 0.2) is 11.7 Å². The third-order valence-electron chi connectivity index (χ3n) is 2.75. The fourth-order valence-electron chi connectivity index (χ4n) is 1.91. The molecule has 1 aromatic rings. The average molecular weight is 226 g/mol. The van der Waals surface area contributed by atoms with Crippen LogP contribution in [0.5, 0.6) is 0 Å². The molecule has 0 spiro atoms. The number of thiazole rings is 1. The Morgan fingerprint density at radius 2 is 2.60 bits per heavy atom. The fourth-order valence-corrected chi connectivity index (χ4v) is 2.50. The lowest BCUT2D eigenvalue weighted by Crippen LogP contribution is -2.28. The highest BCUT2D eigenvalue weighted by Gasteiger charge is 2.26. The van der Waals surface area contributed by atoms with Gasteiger partial charge in [-0.3, -0.25) is 9.78 Å². The number of hydrogen-bond donors (Lipinski definition) is 1. The molecule has 1 amide bonds. The van der Waals surface area contributed by atoms with Crippen molar-refractivity contribution in [2.45, 2.75) is 12.8 Å². The maximum absolute atomic E-state index is 11.9. The van der Waals surface area contributed by atoms with Crippen LogP contribution in [-0.4, -0.2) is 40.6 Å². The molecule has 1 saturated heterocycles. The Morgan fingerprint density at radius 1 is 1.73 bits per heavy atom. The number of aliphatic hydroxyl groups excluding tert-OH is 1. The summed E-state index contributed by atoms with van der Waals surface area (Å²) in [5.41, 5.74) is 1.68. The van der Waals surface area contributed by atoms with Gasteiger partial charge in [0.25, 0.3) is 5.91 Å². The zero-order chi connectivity index (χ0) is 10.7. The Labute approximate surface area is 92.6 Å². The highest BCUT2D eigenvalue weighted by Crippen LogP contribution is 2.21. The van der Waals surface area contributed by atoms with Gasteiger partial charge in [-0.05, 0) is 18.8 Å². The van der Waals surface area contributed by atoms with Gasteiger partial charge in [-0.1, -0.05) is 0 Å². The van der Waals surface area contributed by atoms with Crippen molar-refractivity contribution in [2.24, 2.45) is 5.92 Å². The smallest absolute Gasteiger partial charge is 0.265 e. The van der Waals surface area contributed by atoms with E-state index in [1.807, 2.05) is 4.90 Å². The van der Waals surface area contributed by atoms with Crippen molar-refractivity contribution in [1.29, 1.82) is 0 Å². The normalized spacial score (nSPS) is 20.9. The molecule has 82 valence electrons. The molecule has 0 aromatic carbocycles. The second-order valence-electron chi connectivity index (χ2n) is 3.78. The summed E-state index contributed by atoms with van der Waals surface area (Å²) < 4.78 is 0. The highest BCUT2D eigenvalue weighted by molar-refractivity contribution is 7.11. The minimum Gasteiger partial charge on any atom is -0.396 e. The molecule has 2 heterocycles. The predicted molar refractivity (Wildman–Crippen MR) is 57.8 cm³/mol. The second-order valence-corrected chi connectivity index (χ2v) is 4.67. The topological polar surface area (TPSA) is 53.4 Å².